The van der Waals surface area contributed by atoms with E-state index in [1.165, 1.54) is 68.8 Å². The molecule has 0 unspecified atom stereocenters. The molecule has 1 heterocycles. The normalized spacial score (nSPS) is 13.7. The second kappa shape index (κ2) is 13.9. The van der Waals surface area contributed by atoms with E-state index in [1.54, 1.807) is 6.07 Å². The zero-order valence-corrected chi connectivity index (χ0v) is 20.8. The Bertz CT molecular complexity index is 1040. The predicted molar refractivity (Wildman–Crippen MR) is 138 cm³/mol. The van der Waals surface area contributed by atoms with E-state index in [0.717, 1.165) is 19.4 Å². The first kappa shape index (κ1) is 26.8. The third-order valence-corrected chi connectivity index (χ3v) is 5.98. The van der Waals surface area contributed by atoms with Crippen LogP contribution in [0.3, 0.4) is 0 Å². The summed E-state index contributed by atoms with van der Waals surface area (Å²) in [5, 5.41) is 2.60. The molecule has 0 atom stereocenters. The van der Waals surface area contributed by atoms with Crippen molar-refractivity contribution >= 4 is 46.5 Å². The fourth-order valence-electron chi connectivity index (χ4n) is 3.65. The van der Waals surface area contributed by atoms with Crippen LogP contribution in [0.25, 0.3) is 0 Å². The second-order valence-electron chi connectivity index (χ2n) is 8.10. The zero-order valence-electron chi connectivity index (χ0n) is 19.2. The zero-order chi connectivity index (χ0) is 25.0. The van der Waals surface area contributed by atoms with Gasteiger partial charge in [0.2, 0.25) is 0 Å². The van der Waals surface area contributed by atoms with Gasteiger partial charge in [0.05, 0.1) is 16.1 Å². The molecule has 0 radical (unpaired) electrons. The Hall–Kier alpha value is -2.79. The van der Waals surface area contributed by atoms with Gasteiger partial charge in [-0.1, -0.05) is 30.2 Å². The molecular weight excluding hydrogens is 493 g/mol. The Kier molecular flexibility index (Phi) is 10.7. The van der Waals surface area contributed by atoms with Crippen molar-refractivity contribution in [3.05, 3.63) is 64.4 Å². The number of rotatable bonds is 9. The highest BCUT2D eigenvalue weighted by atomic mass is 35.5. The summed E-state index contributed by atoms with van der Waals surface area (Å²) in [6.07, 6.45) is 5.92. The minimum atomic E-state index is -0.636. The van der Waals surface area contributed by atoms with Crippen LogP contribution in [-0.4, -0.2) is 48.1 Å². The molecule has 35 heavy (non-hydrogen) atoms. The van der Waals surface area contributed by atoms with Crippen molar-refractivity contribution in [3.8, 4) is 0 Å². The highest BCUT2D eigenvalue weighted by Crippen LogP contribution is 2.22. The highest BCUT2D eigenvalue weighted by Gasteiger charge is 2.15. The first-order valence-corrected chi connectivity index (χ1v) is 12.3. The average Bonchev–Trinajstić information content (AvgIpc) is 2.85. The monoisotopic (exact) mass is 521 g/mol. The highest BCUT2D eigenvalue weighted by molar-refractivity contribution is 7.80. The molecule has 1 aliphatic rings. The van der Waals surface area contributed by atoms with Crippen LogP contribution < -0.4 is 21.6 Å². The minimum absolute atomic E-state index is 0.0423. The molecule has 1 saturated heterocycles. The third kappa shape index (κ3) is 8.74. The van der Waals surface area contributed by atoms with Crippen molar-refractivity contribution in [2.45, 2.75) is 32.1 Å². The molecule has 4 N–H and O–H groups in total. The quantitative estimate of drug-likeness (QED) is 0.225. The van der Waals surface area contributed by atoms with Crippen LogP contribution in [0.15, 0.2) is 42.5 Å². The molecule has 1 aliphatic heterocycles. The first-order chi connectivity index (χ1) is 16.9. The van der Waals surface area contributed by atoms with Crippen molar-refractivity contribution in [1.29, 1.82) is 0 Å². The molecule has 0 aliphatic carbocycles. The van der Waals surface area contributed by atoms with Gasteiger partial charge >= 0.3 is 0 Å². The van der Waals surface area contributed by atoms with Crippen molar-refractivity contribution < 1.29 is 18.8 Å². The largest absolute Gasteiger partial charge is 0.377 e. The number of halogens is 2. The number of unbranched alkanes of at least 4 members (excludes halogenated alkanes) is 1. The molecule has 3 rings (SSSR count). The van der Waals surface area contributed by atoms with E-state index >= 15 is 0 Å². The lowest BCUT2D eigenvalue weighted by atomic mass is 10.1. The standard InChI is InChI=1S/C24H29ClFN5O3S/c25-20-16-17(28-22(32)19-8-2-3-9-21(19)26)10-11-18(20)23(33)29-30-24(35)34-27-12-4-7-15-31-13-5-1-6-14-31/h2-3,8-11,16,27H,1,4-7,12-15H2,(H,28,32)(H,29,33)(H,30,35). The number of carbonyl (C=O) groups is 2. The van der Waals surface area contributed by atoms with Crippen LogP contribution in [0, 0.1) is 5.82 Å². The Labute approximate surface area is 214 Å². The maximum absolute atomic E-state index is 13.8. The fraction of sp³-hybridized carbons (Fsp3) is 0.375. The van der Waals surface area contributed by atoms with E-state index in [4.69, 9.17) is 28.7 Å². The van der Waals surface area contributed by atoms with Crippen molar-refractivity contribution in [3.63, 3.8) is 0 Å². The molecule has 0 bridgehead atoms. The number of hydroxylamine groups is 1. The van der Waals surface area contributed by atoms with Crippen LogP contribution in [-0.2, 0) is 4.84 Å². The SMILES string of the molecule is O=C(Nc1ccc(C(=O)NNC(=S)ONCCCCN2CCCCC2)c(Cl)c1)c1ccccc1F. The number of anilines is 1. The molecule has 0 saturated carbocycles. The second-order valence-corrected chi connectivity index (χ2v) is 8.88. The number of piperidine rings is 1. The van der Waals surface area contributed by atoms with E-state index in [9.17, 15) is 14.0 Å². The summed E-state index contributed by atoms with van der Waals surface area (Å²) in [5.41, 5.74) is 8.04. The topological polar surface area (TPSA) is 94.7 Å². The molecule has 2 amide bonds. The molecule has 0 aromatic heterocycles. The number of hydrogen-bond acceptors (Lipinski definition) is 6. The number of amides is 2. The van der Waals surface area contributed by atoms with Crippen molar-refractivity contribution in [2.24, 2.45) is 0 Å². The van der Waals surface area contributed by atoms with Gasteiger partial charge in [-0.05, 0) is 87.9 Å². The van der Waals surface area contributed by atoms with E-state index in [0.29, 0.717) is 12.2 Å². The van der Waals surface area contributed by atoms with Gasteiger partial charge in [0.1, 0.15) is 5.82 Å². The van der Waals surface area contributed by atoms with Crippen LogP contribution in [0.5, 0.6) is 0 Å². The summed E-state index contributed by atoms with van der Waals surface area (Å²) in [7, 11) is 0. The van der Waals surface area contributed by atoms with Gasteiger partial charge < -0.3 is 15.1 Å². The molecule has 188 valence electrons. The van der Waals surface area contributed by atoms with Crippen molar-refractivity contribution in [1.82, 2.24) is 21.2 Å². The summed E-state index contributed by atoms with van der Waals surface area (Å²) in [6, 6.07) is 9.94. The molecule has 0 spiro atoms. The first-order valence-electron chi connectivity index (χ1n) is 11.5. The number of likely N-dealkylation sites (tertiary alicyclic amines) is 1. The van der Waals surface area contributed by atoms with E-state index in [2.05, 4.69) is 26.5 Å². The molecule has 11 heteroatoms. The van der Waals surface area contributed by atoms with Gasteiger partial charge in [-0.25, -0.2) is 4.39 Å². The van der Waals surface area contributed by atoms with Gasteiger partial charge in [-0.15, -0.1) is 0 Å². The van der Waals surface area contributed by atoms with Crippen molar-refractivity contribution in [2.75, 3.05) is 31.5 Å². The Balaban J connectivity index is 1.35. The predicted octanol–water partition coefficient (Wildman–Crippen LogP) is 4.04. The number of thiocarbonyl (C=S) groups is 1. The Morgan fingerprint density at radius 1 is 1.00 bits per heavy atom. The van der Waals surface area contributed by atoms with Gasteiger partial charge in [-0.2, -0.15) is 5.48 Å². The van der Waals surface area contributed by atoms with E-state index < -0.39 is 17.6 Å². The maximum atomic E-state index is 13.8. The maximum Gasteiger partial charge on any atom is 0.296 e. The molecule has 1 fully saturated rings. The number of hydrogen-bond donors (Lipinski definition) is 4. The number of benzene rings is 2. The summed E-state index contributed by atoms with van der Waals surface area (Å²) in [4.78, 5) is 32.3. The summed E-state index contributed by atoms with van der Waals surface area (Å²) >= 11 is 11.2. The van der Waals surface area contributed by atoms with E-state index in [1.807, 2.05) is 0 Å². The van der Waals surface area contributed by atoms with Crippen LogP contribution in [0.4, 0.5) is 10.1 Å². The van der Waals surface area contributed by atoms with Crippen LogP contribution >= 0.6 is 23.8 Å². The number of nitrogens with zero attached hydrogens (tertiary/aromatic N) is 1. The van der Waals surface area contributed by atoms with Crippen LogP contribution in [0.2, 0.25) is 5.02 Å². The Morgan fingerprint density at radius 3 is 2.51 bits per heavy atom. The molecule has 2 aromatic rings. The van der Waals surface area contributed by atoms with Gasteiger partial charge in [0.15, 0.2) is 0 Å². The minimum Gasteiger partial charge on any atom is -0.377 e. The Morgan fingerprint density at radius 2 is 1.77 bits per heavy atom. The lowest BCUT2D eigenvalue weighted by Gasteiger charge is -2.26. The van der Waals surface area contributed by atoms with Gasteiger partial charge in [-0.3, -0.25) is 20.4 Å². The summed E-state index contributed by atoms with van der Waals surface area (Å²) in [5.74, 6) is -1.81. The van der Waals surface area contributed by atoms with Crippen LogP contribution in [0.1, 0.15) is 52.8 Å². The summed E-state index contributed by atoms with van der Waals surface area (Å²) < 4.78 is 13.8. The lowest BCUT2D eigenvalue weighted by molar-refractivity contribution is 0.0932. The average molecular weight is 522 g/mol. The molecular formula is C24H29ClFN5O3S. The number of hydrazine groups is 1. The van der Waals surface area contributed by atoms with Gasteiger partial charge in [0, 0.05) is 12.2 Å². The molecule has 2 aromatic carbocycles. The molecule has 8 nitrogen and oxygen atoms in total. The third-order valence-electron chi connectivity index (χ3n) is 5.48. The number of nitrogens with one attached hydrogen (secondary N) is 4. The summed E-state index contributed by atoms with van der Waals surface area (Å²) in [6.45, 7) is 4.10. The smallest absolute Gasteiger partial charge is 0.296 e. The fourth-order valence-corrected chi connectivity index (χ4v) is 4.03. The lowest BCUT2D eigenvalue weighted by Crippen LogP contribution is -2.43. The number of carbonyl (C=O) groups excluding carboxylic acids is 2. The van der Waals surface area contributed by atoms with Gasteiger partial charge in [0.25, 0.3) is 17.0 Å². The van der Waals surface area contributed by atoms with E-state index in [-0.39, 0.29) is 21.3 Å².